The fourth-order valence-corrected chi connectivity index (χ4v) is 5.01. The standard InChI is InChI=1S/C25H32ClN3O3/c1-15-14-29(24(31)32-25(3,4)5)16(2)13-28(15)23(30)17-10-11-19-21(12-17)27-20-9-7-6-8-18(20)22(19)26/h10-12,15-16H,6-9,13-14H2,1-5H3. The summed E-state index contributed by atoms with van der Waals surface area (Å²) in [5, 5.41) is 1.68. The molecule has 0 N–H and O–H groups in total. The summed E-state index contributed by atoms with van der Waals surface area (Å²) in [4.78, 5) is 34.4. The molecule has 1 aromatic heterocycles. The lowest BCUT2D eigenvalue weighted by atomic mass is 9.94. The van der Waals surface area contributed by atoms with E-state index >= 15 is 0 Å². The molecule has 7 heteroatoms. The molecule has 172 valence electrons. The number of halogens is 1. The van der Waals surface area contributed by atoms with Gasteiger partial charge in [0, 0.05) is 41.8 Å². The van der Waals surface area contributed by atoms with Gasteiger partial charge in [-0.1, -0.05) is 17.7 Å². The lowest BCUT2D eigenvalue weighted by molar-refractivity contribution is -0.00788. The molecule has 0 spiro atoms. The Hall–Kier alpha value is -2.34. The Morgan fingerprint density at radius 3 is 2.44 bits per heavy atom. The van der Waals surface area contributed by atoms with Gasteiger partial charge in [0.15, 0.2) is 0 Å². The summed E-state index contributed by atoms with van der Waals surface area (Å²) in [6, 6.07) is 5.35. The summed E-state index contributed by atoms with van der Waals surface area (Å²) >= 11 is 6.69. The Labute approximate surface area is 194 Å². The van der Waals surface area contributed by atoms with Gasteiger partial charge in [0.2, 0.25) is 0 Å². The largest absolute Gasteiger partial charge is 0.444 e. The van der Waals surface area contributed by atoms with Crippen molar-refractivity contribution in [2.75, 3.05) is 13.1 Å². The van der Waals surface area contributed by atoms with Gasteiger partial charge in [-0.3, -0.25) is 9.78 Å². The molecule has 1 aliphatic heterocycles. The molecule has 2 heterocycles. The number of hydrogen-bond acceptors (Lipinski definition) is 4. The zero-order valence-electron chi connectivity index (χ0n) is 19.6. The fourth-order valence-electron chi connectivity index (χ4n) is 4.65. The summed E-state index contributed by atoms with van der Waals surface area (Å²) < 4.78 is 5.54. The molecule has 2 aliphatic rings. The number of nitrogens with zero attached hydrogens (tertiary/aromatic N) is 3. The van der Waals surface area contributed by atoms with Crippen molar-refractivity contribution in [2.24, 2.45) is 0 Å². The van der Waals surface area contributed by atoms with Gasteiger partial charge in [-0.2, -0.15) is 0 Å². The van der Waals surface area contributed by atoms with Crippen LogP contribution in [0.3, 0.4) is 0 Å². The molecule has 1 fully saturated rings. The summed E-state index contributed by atoms with van der Waals surface area (Å²) in [6.07, 6.45) is 3.83. The molecule has 2 aromatic rings. The van der Waals surface area contributed by atoms with Crippen LogP contribution in [0.4, 0.5) is 4.79 Å². The van der Waals surface area contributed by atoms with Crippen LogP contribution in [0.25, 0.3) is 10.9 Å². The third-order valence-corrected chi connectivity index (χ3v) is 6.75. The zero-order chi connectivity index (χ0) is 23.2. The number of amides is 2. The van der Waals surface area contributed by atoms with Crippen LogP contribution in [0.2, 0.25) is 5.02 Å². The Bertz CT molecular complexity index is 1060. The van der Waals surface area contributed by atoms with Crippen molar-refractivity contribution in [1.82, 2.24) is 14.8 Å². The second-order valence-electron chi connectivity index (χ2n) is 10.1. The van der Waals surface area contributed by atoms with Gasteiger partial charge in [0.25, 0.3) is 5.91 Å². The van der Waals surface area contributed by atoms with Crippen molar-refractivity contribution in [1.29, 1.82) is 0 Å². The van der Waals surface area contributed by atoms with Crippen molar-refractivity contribution in [3.05, 3.63) is 40.0 Å². The van der Waals surface area contributed by atoms with Gasteiger partial charge < -0.3 is 14.5 Å². The normalized spacial score (nSPS) is 21.4. The molecule has 32 heavy (non-hydrogen) atoms. The van der Waals surface area contributed by atoms with E-state index in [0.29, 0.717) is 18.7 Å². The average Bonchev–Trinajstić information content (AvgIpc) is 2.73. The van der Waals surface area contributed by atoms with E-state index < -0.39 is 5.60 Å². The molecule has 2 unspecified atom stereocenters. The summed E-state index contributed by atoms with van der Waals surface area (Å²) in [6.45, 7) is 10.4. The zero-order valence-corrected chi connectivity index (χ0v) is 20.3. The predicted molar refractivity (Wildman–Crippen MR) is 126 cm³/mol. The van der Waals surface area contributed by atoms with E-state index in [9.17, 15) is 9.59 Å². The first kappa shape index (κ1) is 22.8. The molecule has 0 saturated carbocycles. The monoisotopic (exact) mass is 457 g/mol. The second kappa shape index (κ2) is 8.54. The number of rotatable bonds is 1. The Balaban J connectivity index is 1.56. The number of piperazine rings is 1. The number of aryl methyl sites for hydroxylation is 1. The van der Waals surface area contributed by atoms with Gasteiger partial charge in [0.05, 0.1) is 10.5 Å². The van der Waals surface area contributed by atoms with Crippen LogP contribution >= 0.6 is 11.6 Å². The third-order valence-electron chi connectivity index (χ3n) is 6.32. The van der Waals surface area contributed by atoms with Crippen LogP contribution in [0.5, 0.6) is 0 Å². The maximum atomic E-state index is 13.4. The lowest BCUT2D eigenvalue weighted by Gasteiger charge is -2.44. The topological polar surface area (TPSA) is 62.7 Å². The lowest BCUT2D eigenvalue weighted by Crippen LogP contribution is -2.60. The van der Waals surface area contributed by atoms with Gasteiger partial charge in [-0.25, -0.2) is 4.79 Å². The van der Waals surface area contributed by atoms with E-state index in [1.54, 1.807) is 4.90 Å². The molecule has 2 atom stereocenters. The van der Waals surface area contributed by atoms with E-state index in [4.69, 9.17) is 21.3 Å². The molecule has 1 aliphatic carbocycles. The van der Waals surface area contributed by atoms with E-state index in [0.717, 1.165) is 52.9 Å². The summed E-state index contributed by atoms with van der Waals surface area (Å²) in [5.41, 5.74) is 3.04. The minimum absolute atomic E-state index is 0.0502. The second-order valence-corrected chi connectivity index (χ2v) is 10.5. The number of carbonyl (C=O) groups is 2. The smallest absolute Gasteiger partial charge is 0.410 e. The van der Waals surface area contributed by atoms with Gasteiger partial charge >= 0.3 is 6.09 Å². The highest BCUT2D eigenvalue weighted by Crippen LogP contribution is 2.33. The van der Waals surface area contributed by atoms with Crippen molar-refractivity contribution < 1.29 is 14.3 Å². The maximum absolute atomic E-state index is 13.4. The van der Waals surface area contributed by atoms with Crippen molar-refractivity contribution in [3.8, 4) is 0 Å². The number of aromatic nitrogens is 1. The molecule has 4 rings (SSSR count). The number of hydrogen-bond donors (Lipinski definition) is 0. The van der Waals surface area contributed by atoms with Crippen LogP contribution < -0.4 is 0 Å². The first-order valence-corrected chi connectivity index (χ1v) is 11.8. The van der Waals surface area contributed by atoms with Crippen LogP contribution in [0, 0.1) is 0 Å². The number of fused-ring (bicyclic) bond motifs is 2. The first-order chi connectivity index (χ1) is 15.0. The molecular weight excluding hydrogens is 426 g/mol. The molecule has 1 aromatic carbocycles. The maximum Gasteiger partial charge on any atom is 0.410 e. The Kier molecular flexibility index (Phi) is 6.10. The third kappa shape index (κ3) is 4.42. The van der Waals surface area contributed by atoms with Crippen molar-refractivity contribution >= 4 is 34.5 Å². The summed E-state index contributed by atoms with van der Waals surface area (Å²) in [5.74, 6) is -0.0502. The Morgan fingerprint density at radius 2 is 1.72 bits per heavy atom. The average molecular weight is 458 g/mol. The van der Waals surface area contributed by atoms with Gasteiger partial charge in [0.1, 0.15) is 5.60 Å². The highest BCUT2D eigenvalue weighted by Gasteiger charge is 2.36. The number of carbonyl (C=O) groups excluding carboxylic acids is 2. The minimum atomic E-state index is -0.550. The quantitative estimate of drug-likeness (QED) is 0.587. The van der Waals surface area contributed by atoms with E-state index in [1.165, 1.54) is 0 Å². The highest BCUT2D eigenvalue weighted by atomic mass is 35.5. The van der Waals surface area contributed by atoms with Gasteiger partial charge in [-0.05, 0) is 78.0 Å². The number of ether oxygens (including phenoxy) is 1. The number of benzene rings is 1. The minimum Gasteiger partial charge on any atom is -0.444 e. The Morgan fingerprint density at radius 1 is 1.06 bits per heavy atom. The van der Waals surface area contributed by atoms with Crippen LogP contribution in [-0.2, 0) is 17.6 Å². The van der Waals surface area contributed by atoms with Gasteiger partial charge in [-0.15, -0.1) is 0 Å². The van der Waals surface area contributed by atoms with Crippen molar-refractivity contribution in [3.63, 3.8) is 0 Å². The van der Waals surface area contributed by atoms with Crippen molar-refractivity contribution in [2.45, 2.75) is 78.0 Å². The van der Waals surface area contributed by atoms with E-state index in [1.807, 2.05) is 57.7 Å². The highest BCUT2D eigenvalue weighted by molar-refractivity contribution is 6.36. The molecule has 0 bridgehead atoms. The van der Waals surface area contributed by atoms with Crippen LogP contribution in [-0.4, -0.2) is 57.6 Å². The van der Waals surface area contributed by atoms with E-state index in [-0.39, 0.29) is 24.1 Å². The van der Waals surface area contributed by atoms with E-state index in [2.05, 4.69) is 0 Å². The molecule has 6 nitrogen and oxygen atoms in total. The molecule has 1 saturated heterocycles. The SMILES string of the molecule is CC1CN(C(=O)c2ccc3c(Cl)c4c(nc3c2)CCCC4)C(C)CN1C(=O)OC(C)(C)C. The molecule has 2 amide bonds. The summed E-state index contributed by atoms with van der Waals surface area (Å²) in [7, 11) is 0. The molecular formula is C25H32ClN3O3. The first-order valence-electron chi connectivity index (χ1n) is 11.5. The number of pyridine rings is 1. The van der Waals surface area contributed by atoms with Crippen LogP contribution in [0.15, 0.2) is 18.2 Å². The van der Waals surface area contributed by atoms with Crippen LogP contribution in [0.1, 0.15) is 69.1 Å². The predicted octanol–water partition coefficient (Wildman–Crippen LogP) is 5.24. The molecule has 0 radical (unpaired) electrons. The fraction of sp³-hybridized carbons (Fsp3) is 0.560.